The minimum Gasteiger partial charge on any atom is -0.435 e. The zero-order chi connectivity index (χ0) is 23.2. The minimum absolute atomic E-state index is 0.0127. The number of carbonyl (C=O) groups excluding carboxylic acids is 1. The van der Waals surface area contributed by atoms with Gasteiger partial charge in [-0.25, -0.2) is 9.97 Å². The molecule has 33 heavy (non-hydrogen) atoms. The van der Waals surface area contributed by atoms with Crippen LogP contribution in [-0.2, 0) is 11.2 Å². The van der Waals surface area contributed by atoms with Crippen LogP contribution in [0.15, 0.2) is 67.8 Å². The summed E-state index contributed by atoms with van der Waals surface area (Å²) in [6.45, 7) is 2.09. The number of amides is 1. The van der Waals surface area contributed by atoms with E-state index in [1.165, 1.54) is 24.3 Å². The maximum absolute atomic E-state index is 12.4. The van der Waals surface area contributed by atoms with Gasteiger partial charge in [0, 0.05) is 55.1 Å². The fourth-order valence-corrected chi connectivity index (χ4v) is 3.76. The second-order valence-electron chi connectivity index (χ2n) is 7.64. The summed E-state index contributed by atoms with van der Waals surface area (Å²) >= 11 is 0. The molecule has 1 amide bonds. The van der Waals surface area contributed by atoms with E-state index in [9.17, 15) is 13.6 Å². The van der Waals surface area contributed by atoms with Crippen LogP contribution in [0.3, 0.4) is 0 Å². The Balaban J connectivity index is 1.40. The average Bonchev–Trinajstić information content (AvgIpc) is 3.27. The van der Waals surface area contributed by atoms with Gasteiger partial charge in [-0.1, -0.05) is 12.6 Å². The van der Waals surface area contributed by atoms with E-state index in [-0.39, 0.29) is 23.4 Å². The van der Waals surface area contributed by atoms with Crippen LogP contribution in [0.5, 0.6) is 17.5 Å². The molecule has 3 heterocycles. The van der Waals surface area contributed by atoms with E-state index in [1.807, 2.05) is 17.2 Å². The molecule has 0 unspecified atom stereocenters. The number of nitrogens with zero attached hydrogens (tertiary/aromatic N) is 4. The maximum Gasteiger partial charge on any atom is 0.387 e. The van der Waals surface area contributed by atoms with Gasteiger partial charge in [0.15, 0.2) is 0 Å². The summed E-state index contributed by atoms with van der Waals surface area (Å²) in [7, 11) is 0. The highest BCUT2D eigenvalue weighted by atomic mass is 19.3. The molecule has 0 aliphatic carbocycles. The van der Waals surface area contributed by atoms with E-state index in [2.05, 4.69) is 26.3 Å². The summed E-state index contributed by atoms with van der Waals surface area (Å²) in [5, 5.41) is 0. The van der Waals surface area contributed by atoms with Gasteiger partial charge in [-0.2, -0.15) is 8.78 Å². The third-order valence-electron chi connectivity index (χ3n) is 5.29. The zero-order valence-electron chi connectivity index (χ0n) is 17.7. The van der Waals surface area contributed by atoms with Crippen molar-refractivity contribution < 1.29 is 23.0 Å². The van der Waals surface area contributed by atoms with E-state index in [0.29, 0.717) is 12.5 Å². The fourth-order valence-electron chi connectivity index (χ4n) is 3.76. The number of aromatic nitrogens is 3. The van der Waals surface area contributed by atoms with Gasteiger partial charge in [0.25, 0.3) is 0 Å². The van der Waals surface area contributed by atoms with Crippen LogP contribution in [0.1, 0.15) is 12.0 Å². The molecule has 1 aromatic carbocycles. The predicted octanol–water partition coefficient (Wildman–Crippen LogP) is 4.51. The van der Waals surface area contributed by atoms with Crippen LogP contribution >= 0.6 is 0 Å². The predicted molar refractivity (Wildman–Crippen MR) is 117 cm³/mol. The van der Waals surface area contributed by atoms with E-state index < -0.39 is 6.61 Å². The Morgan fingerprint density at radius 1 is 1.15 bits per heavy atom. The second kappa shape index (κ2) is 10.2. The summed E-state index contributed by atoms with van der Waals surface area (Å²) < 4.78 is 34.7. The van der Waals surface area contributed by atoms with E-state index in [1.54, 1.807) is 24.7 Å². The molecule has 1 fully saturated rings. The van der Waals surface area contributed by atoms with E-state index in [0.717, 1.165) is 36.1 Å². The summed E-state index contributed by atoms with van der Waals surface area (Å²) in [4.78, 5) is 26.4. The van der Waals surface area contributed by atoms with Crippen LogP contribution in [0.4, 0.5) is 8.78 Å². The first kappa shape index (κ1) is 22.3. The Bertz CT molecular complexity index is 1120. The number of pyridine rings is 1. The van der Waals surface area contributed by atoms with Gasteiger partial charge in [0.1, 0.15) is 11.5 Å². The molecule has 170 valence electrons. The molecule has 1 saturated heterocycles. The van der Waals surface area contributed by atoms with Crippen molar-refractivity contribution in [1.82, 2.24) is 19.9 Å². The lowest BCUT2D eigenvalue weighted by Gasteiger charge is -2.14. The molecular formula is C24H22F2N4O3. The highest BCUT2D eigenvalue weighted by molar-refractivity contribution is 5.87. The monoisotopic (exact) mass is 452 g/mol. The minimum atomic E-state index is -2.91. The van der Waals surface area contributed by atoms with Crippen molar-refractivity contribution in [2.75, 3.05) is 13.1 Å². The van der Waals surface area contributed by atoms with E-state index >= 15 is 0 Å². The topological polar surface area (TPSA) is 77.4 Å². The molecule has 1 aliphatic rings. The van der Waals surface area contributed by atoms with Crippen molar-refractivity contribution in [3.05, 3.63) is 73.3 Å². The molecule has 0 radical (unpaired) electrons. The molecule has 3 aromatic rings. The molecule has 7 nitrogen and oxygen atoms in total. The number of ether oxygens (including phenoxy) is 2. The summed E-state index contributed by atoms with van der Waals surface area (Å²) in [6, 6.07) is 7.99. The van der Waals surface area contributed by atoms with E-state index in [4.69, 9.17) is 4.74 Å². The summed E-state index contributed by atoms with van der Waals surface area (Å²) in [6.07, 6.45) is 9.91. The highest BCUT2D eigenvalue weighted by Crippen LogP contribution is 2.26. The molecule has 1 aliphatic heterocycles. The Morgan fingerprint density at radius 3 is 2.70 bits per heavy atom. The molecule has 9 heteroatoms. The van der Waals surface area contributed by atoms with Crippen molar-refractivity contribution in [2.45, 2.75) is 19.5 Å². The number of alkyl halides is 2. The first-order chi connectivity index (χ1) is 16.0. The normalized spacial score (nSPS) is 15.5. The number of halogens is 2. The molecular weight excluding hydrogens is 430 g/mol. The Labute approximate surface area is 189 Å². The fraction of sp³-hybridized carbons (Fsp3) is 0.250. The number of benzene rings is 1. The third kappa shape index (κ3) is 5.88. The lowest BCUT2D eigenvalue weighted by molar-refractivity contribution is -0.125. The lowest BCUT2D eigenvalue weighted by Crippen LogP contribution is -2.26. The smallest absolute Gasteiger partial charge is 0.387 e. The highest BCUT2D eigenvalue weighted by Gasteiger charge is 2.25. The van der Waals surface area contributed by atoms with Gasteiger partial charge in [0.05, 0.1) is 0 Å². The van der Waals surface area contributed by atoms with Gasteiger partial charge in [-0.15, -0.1) is 0 Å². The van der Waals surface area contributed by atoms with Gasteiger partial charge in [-0.05, 0) is 48.6 Å². The third-order valence-corrected chi connectivity index (χ3v) is 5.29. The van der Waals surface area contributed by atoms with Crippen molar-refractivity contribution in [2.24, 2.45) is 5.92 Å². The molecule has 2 aromatic heterocycles. The average molecular weight is 452 g/mol. The Hall–Kier alpha value is -3.88. The number of likely N-dealkylation sites (tertiary alicyclic amines) is 1. The van der Waals surface area contributed by atoms with Crippen LogP contribution in [0, 0.1) is 5.92 Å². The van der Waals surface area contributed by atoms with Crippen LogP contribution < -0.4 is 9.47 Å². The Morgan fingerprint density at radius 2 is 1.94 bits per heavy atom. The van der Waals surface area contributed by atoms with Crippen LogP contribution in [0.25, 0.3) is 11.1 Å². The maximum atomic E-state index is 12.4. The van der Waals surface area contributed by atoms with Crippen LogP contribution in [-0.4, -0.2) is 45.5 Å². The van der Waals surface area contributed by atoms with Gasteiger partial charge >= 0.3 is 12.6 Å². The summed E-state index contributed by atoms with van der Waals surface area (Å²) in [5.74, 6) is 0.617. The van der Waals surface area contributed by atoms with Gasteiger partial charge in [-0.3, -0.25) is 9.78 Å². The molecule has 1 atom stereocenters. The van der Waals surface area contributed by atoms with Crippen LogP contribution in [0.2, 0.25) is 0 Å². The number of hydrogen-bond donors (Lipinski definition) is 0. The van der Waals surface area contributed by atoms with Gasteiger partial charge in [0.2, 0.25) is 5.91 Å². The molecule has 0 N–H and O–H groups in total. The zero-order valence-corrected chi connectivity index (χ0v) is 17.7. The number of carbonyl (C=O) groups is 1. The largest absolute Gasteiger partial charge is 0.435 e. The van der Waals surface area contributed by atoms with Crippen molar-refractivity contribution >= 4 is 5.91 Å². The SMILES string of the molecule is C=CC(=O)N1CC[C@H](Cc2cncc(-c3cnc(Oc4cccc(OC(F)F)c4)nc3)c2)C1. The number of rotatable bonds is 8. The van der Waals surface area contributed by atoms with Gasteiger partial charge < -0.3 is 14.4 Å². The van der Waals surface area contributed by atoms with Crippen molar-refractivity contribution in [3.63, 3.8) is 0 Å². The second-order valence-corrected chi connectivity index (χ2v) is 7.64. The molecule has 4 rings (SSSR count). The number of hydrogen-bond acceptors (Lipinski definition) is 6. The first-order valence-corrected chi connectivity index (χ1v) is 10.4. The Kier molecular flexibility index (Phi) is 6.87. The summed E-state index contributed by atoms with van der Waals surface area (Å²) in [5.41, 5.74) is 2.70. The first-order valence-electron chi connectivity index (χ1n) is 10.4. The van der Waals surface area contributed by atoms with Crippen molar-refractivity contribution in [1.29, 1.82) is 0 Å². The molecule has 0 spiro atoms. The lowest BCUT2D eigenvalue weighted by atomic mass is 9.98. The quantitative estimate of drug-likeness (QED) is 0.468. The molecule has 0 bridgehead atoms. The molecule has 0 saturated carbocycles. The standard InChI is InChI=1S/C24H22F2N4O3/c1-2-22(31)30-7-6-16(15-30)8-17-9-18(12-27-11-17)19-13-28-24(29-14-19)33-21-5-3-4-20(10-21)32-23(25)26/h2-5,9-14,16,23H,1,6-8,15H2/t16-/m1/s1. The van der Waals surface area contributed by atoms with Crippen molar-refractivity contribution in [3.8, 4) is 28.6 Å².